The standard InChI is InChI=1S/C13H20N4O4/c1-3-16(4-2)10(18)8-17-12(9-6-5-7-21-9)11(13(19)20)14-15-17/h9H,3-8H2,1-2H3,(H,19,20). The van der Waals surface area contributed by atoms with E-state index in [9.17, 15) is 14.7 Å². The Bertz CT molecular complexity index is 518. The van der Waals surface area contributed by atoms with Crippen LogP contribution < -0.4 is 0 Å². The molecular formula is C13H20N4O4. The fourth-order valence-electron chi connectivity index (χ4n) is 2.51. The quantitative estimate of drug-likeness (QED) is 0.829. The van der Waals surface area contributed by atoms with E-state index in [0.29, 0.717) is 31.8 Å². The van der Waals surface area contributed by atoms with Crippen LogP contribution >= 0.6 is 0 Å². The molecule has 1 atom stereocenters. The summed E-state index contributed by atoms with van der Waals surface area (Å²) in [5.41, 5.74) is 0.259. The lowest BCUT2D eigenvalue weighted by Crippen LogP contribution is -2.34. The van der Waals surface area contributed by atoms with Gasteiger partial charge in [0.15, 0.2) is 5.69 Å². The minimum absolute atomic E-state index is 0.0167. The first-order valence-electron chi connectivity index (χ1n) is 7.14. The first-order chi connectivity index (χ1) is 10.1. The molecule has 2 rings (SSSR count). The molecule has 21 heavy (non-hydrogen) atoms. The fourth-order valence-corrected chi connectivity index (χ4v) is 2.51. The number of carbonyl (C=O) groups is 2. The summed E-state index contributed by atoms with van der Waals surface area (Å²) in [6.07, 6.45) is 1.22. The van der Waals surface area contributed by atoms with Crippen molar-refractivity contribution >= 4 is 11.9 Å². The number of aromatic nitrogens is 3. The summed E-state index contributed by atoms with van der Waals surface area (Å²) >= 11 is 0. The first-order valence-corrected chi connectivity index (χ1v) is 7.14. The maximum atomic E-state index is 12.2. The molecule has 1 aromatic heterocycles. The van der Waals surface area contributed by atoms with Crippen molar-refractivity contribution in [1.82, 2.24) is 19.9 Å². The van der Waals surface area contributed by atoms with Crippen LogP contribution in [0.2, 0.25) is 0 Å². The number of ether oxygens (including phenoxy) is 1. The Labute approximate surface area is 122 Å². The zero-order chi connectivity index (χ0) is 15.4. The summed E-state index contributed by atoms with van der Waals surface area (Å²) in [6, 6.07) is 0. The van der Waals surface area contributed by atoms with E-state index in [-0.39, 0.29) is 24.2 Å². The van der Waals surface area contributed by atoms with Crippen LogP contribution in [0.5, 0.6) is 0 Å². The molecule has 0 aliphatic carbocycles. The van der Waals surface area contributed by atoms with E-state index in [4.69, 9.17) is 4.74 Å². The molecule has 2 heterocycles. The number of carboxylic acid groups (broad SMARTS) is 1. The van der Waals surface area contributed by atoms with E-state index >= 15 is 0 Å². The lowest BCUT2D eigenvalue weighted by molar-refractivity contribution is -0.131. The average Bonchev–Trinajstić information content (AvgIpc) is 3.08. The van der Waals surface area contributed by atoms with Crippen LogP contribution in [-0.2, 0) is 16.1 Å². The number of likely N-dealkylation sites (N-methyl/N-ethyl adjacent to an activating group) is 1. The van der Waals surface area contributed by atoms with Crippen molar-refractivity contribution < 1.29 is 19.4 Å². The Morgan fingerprint density at radius 2 is 2.14 bits per heavy atom. The van der Waals surface area contributed by atoms with Gasteiger partial charge in [0.25, 0.3) is 0 Å². The van der Waals surface area contributed by atoms with Gasteiger partial charge < -0.3 is 14.7 Å². The third-order valence-corrected chi connectivity index (χ3v) is 3.61. The minimum atomic E-state index is -1.15. The van der Waals surface area contributed by atoms with Gasteiger partial charge in [0.2, 0.25) is 5.91 Å². The van der Waals surface area contributed by atoms with Crippen LogP contribution in [0.3, 0.4) is 0 Å². The number of carbonyl (C=O) groups excluding carboxylic acids is 1. The molecule has 1 fully saturated rings. The molecule has 1 N–H and O–H groups in total. The highest BCUT2D eigenvalue weighted by Crippen LogP contribution is 2.30. The molecule has 0 saturated carbocycles. The number of aromatic carboxylic acids is 1. The fraction of sp³-hybridized carbons (Fsp3) is 0.692. The molecule has 1 aromatic rings. The van der Waals surface area contributed by atoms with Crippen molar-refractivity contribution in [3.05, 3.63) is 11.4 Å². The number of hydrogen-bond acceptors (Lipinski definition) is 5. The molecule has 1 amide bonds. The van der Waals surface area contributed by atoms with Crippen molar-refractivity contribution in [1.29, 1.82) is 0 Å². The zero-order valence-corrected chi connectivity index (χ0v) is 12.3. The van der Waals surface area contributed by atoms with E-state index in [2.05, 4.69) is 10.3 Å². The highest BCUT2D eigenvalue weighted by Gasteiger charge is 2.30. The molecule has 1 unspecified atom stereocenters. The SMILES string of the molecule is CCN(CC)C(=O)Cn1nnc(C(=O)O)c1C1CCCO1. The zero-order valence-electron chi connectivity index (χ0n) is 12.3. The topological polar surface area (TPSA) is 97.6 Å². The maximum absolute atomic E-state index is 12.2. The van der Waals surface area contributed by atoms with Gasteiger partial charge in [0, 0.05) is 19.7 Å². The van der Waals surface area contributed by atoms with Crippen LogP contribution in [-0.4, -0.2) is 56.6 Å². The Hall–Kier alpha value is -1.96. The Balaban J connectivity index is 2.26. The summed E-state index contributed by atoms with van der Waals surface area (Å²) in [4.78, 5) is 25.1. The number of carboxylic acids is 1. The first kappa shape index (κ1) is 15.4. The maximum Gasteiger partial charge on any atom is 0.358 e. The van der Waals surface area contributed by atoms with Crippen molar-refractivity contribution in [2.75, 3.05) is 19.7 Å². The van der Waals surface area contributed by atoms with Crippen molar-refractivity contribution in [3.8, 4) is 0 Å². The second-order valence-electron chi connectivity index (χ2n) is 4.85. The second-order valence-corrected chi connectivity index (χ2v) is 4.85. The molecule has 8 heteroatoms. The second kappa shape index (κ2) is 6.66. The van der Waals surface area contributed by atoms with E-state index in [1.165, 1.54) is 4.68 Å². The van der Waals surface area contributed by atoms with Crippen molar-refractivity contribution in [2.45, 2.75) is 39.3 Å². The van der Waals surface area contributed by atoms with Crippen LogP contribution in [0.25, 0.3) is 0 Å². The third kappa shape index (κ3) is 3.21. The van der Waals surface area contributed by atoms with Gasteiger partial charge in [-0.3, -0.25) is 4.79 Å². The molecule has 0 aromatic carbocycles. The van der Waals surface area contributed by atoms with Gasteiger partial charge in [-0.25, -0.2) is 9.48 Å². The largest absolute Gasteiger partial charge is 0.476 e. The number of rotatable bonds is 6. The van der Waals surface area contributed by atoms with E-state index < -0.39 is 5.97 Å². The van der Waals surface area contributed by atoms with E-state index in [0.717, 1.165) is 6.42 Å². The lowest BCUT2D eigenvalue weighted by Gasteiger charge is -2.19. The average molecular weight is 296 g/mol. The highest BCUT2D eigenvalue weighted by molar-refractivity contribution is 5.86. The van der Waals surface area contributed by atoms with Gasteiger partial charge in [0.1, 0.15) is 18.3 Å². The molecule has 1 aliphatic rings. The van der Waals surface area contributed by atoms with Gasteiger partial charge in [-0.15, -0.1) is 5.10 Å². The van der Waals surface area contributed by atoms with Gasteiger partial charge in [-0.1, -0.05) is 5.21 Å². The third-order valence-electron chi connectivity index (χ3n) is 3.61. The summed E-state index contributed by atoms with van der Waals surface area (Å²) in [5.74, 6) is -1.26. The molecule has 0 radical (unpaired) electrons. The predicted molar refractivity (Wildman–Crippen MR) is 72.8 cm³/mol. The molecule has 8 nitrogen and oxygen atoms in total. The molecule has 116 valence electrons. The van der Waals surface area contributed by atoms with Crippen molar-refractivity contribution in [2.24, 2.45) is 0 Å². The number of amides is 1. The molecule has 1 aliphatic heterocycles. The molecule has 0 spiro atoms. The number of nitrogens with zero attached hydrogens (tertiary/aromatic N) is 4. The van der Waals surface area contributed by atoms with Crippen molar-refractivity contribution in [3.63, 3.8) is 0 Å². The Kier molecular flexibility index (Phi) is 4.89. The monoisotopic (exact) mass is 296 g/mol. The van der Waals surface area contributed by atoms with Gasteiger partial charge in [-0.05, 0) is 26.7 Å². The van der Waals surface area contributed by atoms with Crippen LogP contribution in [0.4, 0.5) is 0 Å². The highest BCUT2D eigenvalue weighted by atomic mass is 16.5. The molecular weight excluding hydrogens is 276 g/mol. The minimum Gasteiger partial charge on any atom is -0.476 e. The molecule has 0 bridgehead atoms. The van der Waals surface area contributed by atoms with Gasteiger partial charge >= 0.3 is 5.97 Å². The predicted octanol–water partition coefficient (Wildman–Crippen LogP) is 0.696. The Morgan fingerprint density at radius 3 is 2.67 bits per heavy atom. The number of hydrogen-bond donors (Lipinski definition) is 1. The summed E-state index contributed by atoms with van der Waals surface area (Å²) in [7, 11) is 0. The van der Waals surface area contributed by atoms with Crippen LogP contribution in [0.15, 0.2) is 0 Å². The van der Waals surface area contributed by atoms with E-state index in [1.807, 2.05) is 13.8 Å². The van der Waals surface area contributed by atoms with E-state index in [1.54, 1.807) is 4.90 Å². The summed E-state index contributed by atoms with van der Waals surface area (Å²) < 4.78 is 6.90. The molecule has 1 saturated heterocycles. The van der Waals surface area contributed by atoms with Crippen LogP contribution in [0.1, 0.15) is 49.0 Å². The van der Waals surface area contributed by atoms with Gasteiger partial charge in [0.05, 0.1) is 0 Å². The summed E-state index contributed by atoms with van der Waals surface area (Å²) in [5, 5.41) is 16.7. The summed E-state index contributed by atoms with van der Waals surface area (Å²) in [6.45, 7) is 5.56. The van der Waals surface area contributed by atoms with Gasteiger partial charge in [-0.2, -0.15) is 0 Å². The van der Waals surface area contributed by atoms with Crippen LogP contribution in [0, 0.1) is 0 Å². The Morgan fingerprint density at radius 1 is 1.43 bits per heavy atom. The lowest BCUT2D eigenvalue weighted by atomic mass is 10.1. The normalized spacial score (nSPS) is 17.9. The smallest absolute Gasteiger partial charge is 0.358 e.